The Hall–Kier alpha value is -1.81. The number of ether oxygens (including phenoxy) is 1. The number of nitrogens with one attached hydrogen (secondary N) is 2. The van der Waals surface area contributed by atoms with Crippen LogP contribution in [0.4, 0.5) is 10.8 Å². The second-order valence-corrected chi connectivity index (χ2v) is 8.22. The Morgan fingerprint density at radius 2 is 2.31 bits per heavy atom. The van der Waals surface area contributed by atoms with Gasteiger partial charge in [0.05, 0.1) is 7.11 Å². The zero-order valence-corrected chi connectivity index (χ0v) is 16.6. The molecule has 7 nitrogen and oxygen atoms in total. The summed E-state index contributed by atoms with van der Waals surface area (Å²) >= 11 is 6.81. The summed E-state index contributed by atoms with van der Waals surface area (Å²) in [6, 6.07) is 5.78. The van der Waals surface area contributed by atoms with Gasteiger partial charge in [-0.3, -0.25) is 0 Å². The summed E-state index contributed by atoms with van der Waals surface area (Å²) in [7, 11) is 1.37. The van der Waals surface area contributed by atoms with E-state index in [2.05, 4.69) is 23.4 Å². The van der Waals surface area contributed by atoms with Gasteiger partial charge in [-0.05, 0) is 37.7 Å². The van der Waals surface area contributed by atoms with Crippen molar-refractivity contribution in [3.63, 3.8) is 0 Å². The number of likely N-dealkylation sites (tertiary alicyclic amines) is 1. The van der Waals surface area contributed by atoms with E-state index in [1.807, 2.05) is 19.1 Å². The topological polar surface area (TPSA) is 80.8 Å². The maximum absolute atomic E-state index is 11.9. The van der Waals surface area contributed by atoms with Crippen molar-refractivity contribution in [2.45, 2.75) is 39.1 Å². The van der Waals surface area contributed by atoms with Gasteiger partial charge < -0.3 is 20.1 Å². The van der Waals surface area contributed by atoms with Crippen LogP contribution in [-0.4, -0.2) is 46.7 Å². The van der Waals surface area contributed by atoms with Crippen LogP contribution in [0.5, 0.6) is 0 Å². The highest BCUT2D eigenvalue weighted by Crippen LogP contribution is 2.23. The zero-order chi connectivity index (χ0) is 18.8. The molecule has 3 atom stereocenters. The summed E-state index contributed by atoms with van der Waals surface area (Å²) in [6.07, 6.45) is -0.123. The SMILES string of the molecule is COC(=O)[C@@H]1C[C@H](O)C[NH+]1Cn1nc(Nc2ccc(C)cc2C)sc1=S. The van der Waals surface area contributed by atoms with E-state index in [4.69, 9.17) is 17.0 Å². The number of aliphatic hydroxyl groups excluding tert-OH is 1. The molecule has 1 unspecified atom stereocenters. The molecule has 2 heterocycles. The predicted octanol–water partition coefficient (Wildman–Crippen LogP) is 1.18. The van der Waals surface area contributed by atoms with Crippen LogP contribution in [0.3, 0.4) is 0 Å². The number of rotatable bonds is 5. The number of methoxy groups -OCH3 is 1. The standard InChI is InChI=1S/C17H22N4O3S2/c1-10-4-5-13(11(2)6-10)18-16-19-21(17(25)26-16)9-20-8-12(22)7-14(20)15(23)24-3/h4-6,12,14,22H,7-9H2,1-3H3,(H,18,19)/p+1/t12-,14-/m0/s1. The predicted molar refractivity (Wildman–Crippen MR) is 102 cm³/mol. The van der Waals surface area contributed by atoms with Crippen LogP contribution in [0.2, 0.25) is 0 Å². The number of aromatic nitrogens is 2. The van der Waals surface area contributed by atoms with E-state index < -0.39 is 12.1 Å². The molecule has 2 aromatic rings. The van der Waals surface area contributed by atoms with Crippen molar-refractivity contribution in [2.75, 3.05) is 19.0 Å². The molecule has 0 amide bonds. The number of hydrogen-bond donors (Lipinski definition) is 3. The fourth-order valence-electron chi connectivity index (χ4n) is 3.26. The van der Waals surface area contributed by atoms with Crippen LogP contribution >= 0.6 is 23.6 Å². The third kappa shape index (κ3) is 4.12. The summed E-state index contributed by atoms with van der Waals surface area (Å²) < 4.78 is 7.18. The van der Waals surface area contributed by atoms with Crippen molar-refractivity contribution in [3.8, 4) is 0 Å². The lowest BCUT2D eigenvalue weighted by molar-refractivity contribution is -0.928. The molecule has 0 aliphatic carbocycles. The molecule has 1 aliphatic rings. The van der Waals surface area contributed by atoms with Crippen molar-refractivity contribution < 1.29 is 19.5 Å². The van der Waals surface area contributed by atoms with Crippen molar-refractivity contribution >= 4 is 40.3 Å². The Morgan fingerprint density at radius 3 is 3.00 bits per heavy atom. The number of nitrogens with zero attached hydrogens (tertiary/aromatic N) is 2. The van der Waals surface area contributed by atoms with Crippen molar-refractivity contribution in [2.24, 2.45) is 0 Å². The van der Waals surface area contributed by atoms with Gasteiger partial charge in [-0.2, -0.15) is 4.68 Å². The first-order valence-corrected chi connectivity index (χ1v) is 9.62. The quantitative estimate of drug-likeness (QED) is 0.521. The fraction of sp³-hybridized carbons (Fsp3) is 0.471. The molecule has 26 heavy (non-hydrogen) atoms. The second-order valence-electron chi connectivity index (χ2n) is 6.60. The van der Waals surface area contributed by atoms with Crippen LogP contribution in [0.1, 0.15) is 17.5 Å². The van der Waals surface area contributed by atoms with E-state index >= 15 is 0 Å². The van der Waals surface area contributed by atoms with Crippen LogP contribution < -0.4 is 10.2 Å². The van der Waals surface area contributed by atoms with Gasteiger partial charge in [-0.25, -0.2) is 4.79 Å². The van der Waals surface area contributed by atoms with Gasteiger partial charge >= 0.3 is 5.97 Å². The molecule has 3 rings (SSSR count). The first-order chi connectivity index (χ1) is 12.4. The van der Waals surface area contributed by atoms with E-state index in [-0.39, 0.29) is 5.97 Å². The molecule has 0 radical (unpaired) electrons. The zero-order valence-electron chi connectivity index (χ0n) is 15.0. The smallest absolute Gasteiger partial charge is 0.364 e. The minimum Gasteiger partial charge on any atom is -0.465 e. The average Bonchev–Trinajstić information content (AvgIpc) is 3.12. The van der Waals surface area contributed by atoms with Crippen LogP contribution in [0.15, 0.2) is 18.2 Å². The first kappa shape index (κ1) is 19.0. The van der Waals surface area contributed by atoms with Crippen LogP contribution in [0, 0.1) is 17.8 Å². The number of quaternary nitrogens is 1. The van der Waals surface area contributed by atoms with Crippen LogP contribution in [-0.2, 0) is 16.2 Å². The molecule has 0 saturated carbocycles. The van der Waals surface area contributed by atoms with Gasteiger partial charge in [0.2, 0.25) is 5.13 Å². The fourth-order valence-corrected chi connectivity index (χ4v) is 4.28. The van der Waals surface area contributed by atoms with Gasteiger partial charge in [0, 0.05) is 12.1 Å². The molecule has 140 valence electrons. The molecule has 3 N–H and O–H groups in total. The molecule has 0 spiro atoms. The molecule has 1 fully saturated rings. The van der Waals surface area contributed by atoms with Gasteiger partial charge in [-0.1, -0.05) is 29.0 Å². The summed E-state index contributed by atoms with van der Waals surface area (Å²) in [5.74, 6) is -0.313. The summed E-state index contributed by atoms with van der Waals surface area (Å²) in [5.41, 5.74) is 3.33. The molecule has 1 aromatic carbocycles. The number of anilines is 2. The minimum absolute atomic E-state index is 0.313. The third-order valence-electron chi connectivity index (χ3n) is 4.57. The Labute approximate surface area is 161 Å². The molecule has 1 aliphatic heterocycles. The van der Waals surface area contributed by atoms with E-state index in [0.717, 1.165) is 16.2 Å². The maximum Gasteiger partial charge on any atom is 0.364 e. The molecule has 9 heteroatoms. The minimum atomic E-state index is -0.519. The van der Waals surface area contributed by atoms with E-state index in [1.54, 1.807) is 4.68 Å². The summed E-state index contributed by atoms with van der Waals surface area (Å²) in [4.78, 5) is 12.8. The number of esters is 1. The van der Waals surface area contributed by atoms with Gasteiger partial charge in [-0.15, -0.1) is 5.10 Å². The lowest BCUT2D eigenvalue weighted by Gasteiger charge is -2.18. The Kier molecular flexibility index (Phi) is 5.71. The van der Waals surface area contributed by atoms with Gasteiger partial charge in [0.25, 0.3) is 0 Å². The first-order valence-electron chi connectivity index (χ1n) is 8.40. The highest BCUT2D eigenvalue weighted by atomic mass is 32.1. The van der Waals surface area contributed by atoms with Crippen molar-refractivity contribution in [1.29, 1.82) is 0 Å². The lowest BCUT2D eigenvalue weighted by Crippen LogP contribution is -3.14. The van der Waals surface area contributed by atoms with Gasteiger partial charge in [0.1, 0.15) is 12.6 Å². The Morgan fingerprint density at radius 1 is 1.54 bits per heavy atom. The highest BCUT2D eigenvalue weighted by molar-refractivity contribution is 7.73. The normalized spacial score (nSPS) is 22.4. The maximum atomic E-state index is 11.9. The van der Waals surface area contributed by atoms with Crippen molar-refractivity contribution in [3.05, 3.63) is 33.3 Å². The van der Waals surface area contributed by atoms with E-state index in [0.29, 0.717) is 28.7 Å². The molecular formula is C17H23N4O3S2+. The molecule has 0 bridgehead atoms. The Bertz CT molecular complexity index is 864. The summed E-state index contributed by atoms with van der Waals surface area (Å²) in [6.45, 7) is 4.99. The van der Waals surface area contributed by atoms with Gasteiger partial charge in [0.15, 0.2) is 16.7 Å². The second kappa shape index (κ2) is 7.83. The average molecular weight is 396 g/mol. The summed E-state index contributed by atoms with van der Waals surface area (Å²) in [5, 5.41) is 18.5. The Balaban J connectivity index is 1.76. The molecular weight excluding hydrogens is 372 g/mol. The largest absolute Gasteiger partial charge is 0.465 e. The number of carbonyl (C=O) groups is 1. The third-order valence-corrected chi connectivity index (χ3v) is 5.79. The number of carbonyl (C=O) groups excluding carboxylic acids is 1. The number of benzene rings is 1. The molecule has 1 aromatic heterocycles. The molecule has 1 saturated heterocycles. The highest BCUT2D eigenvalue weighted by Gasteiger charge is 2.41. The lowest BCUT2D eigenvalue weighted by atomic mass is 10.1. The van der Waals surface area contributed by atoms with E-state index in [9.17, 15) is 9.90 Å². The number of aryl methyl sites for hydroxylation is 2. The number of aliphatic hydroxyl groups is 1. The van der Waals surface area contributed by atoms with E-state index in [1.165, 1.54) is 24.0 Å². The number of hydrogen-bond acceptors (Lipinski definition) is 7. The monoisotopic (exact) mass is 395 g/mol. The van der Waals surface area contributed by atoms with Crippen LogP contribution in [0.25, 0.3) is 0 Å². The van der Waals surface area contributed by atoms with Crippen molar-refractivity contribution in [1.82, 2.24) is 9.78 Å².